The first-order valence-electron chi connectivity index (χ1n) is 7.13. The molecule has 3 aliphatic heterocycles. The zero-order valence-corrected chi connectivity index (χ0v) is 15.1. The second-order valence-corrected chi connectivity index (χ2v) is 8.22. The second kappa shape index (κ2) is 6.83. The van der Waals surface area contributed by atoms with E-state index in [-0.39, 0.29) is 26.4 Å². The third kappa shape index (κ3) is 3.87. The van der Waals surface area contributed by atoms with Crippen LogP contribution >= 0.6 is 31.0 Å². The van der Waals surface area contributed by atoms with Crippen LogP contribution in [-0.4, -0.2) is 38.5 Å². The standard InChI is InChI=1S/C14H15Cl2O7P/c1-9(23-12-3-2-10(15)4-11(12)16)13(17)19-5-14-6-20-24(18,21-7-14)22-8-14/h2-4,9H,5-8H2,1H3. The minimum atomic E-state index is -3.38. The van der Waals surface area contributed by atoms with Crippen LogP contribution in [0.5, 0.6) is 5.75 Å². The molecular weight excluding hydrogens is 382 g/mol. The van der Waals surface area contributed by atoms with Gasteiger partial charge in [0.05, 0.1) is 30.3 Å². The fourth-order valence-electron chi connectivity index (χ4n) is 2.16. The highest BCUT2D eigenvalue weighted by atomic mass is 35.5. The third-order valence-corrected chi connectivity index (χ3v) is 5.50. The number of benzene rings is 1. The van der Waals surface area contributed by atoms with Crippen molar-refractivity contribution < 1.29 is 32.4 Å². The Morgan fingerprint density at radius 1 is 1.29 bits per heavy atom. The first-order chi connectivity index (χ1) is 11.3. The van der Waals surface area contributed by atoms with Gasteiger partial charge in [-0.05, 0) is 25.1 Å². The minimum Gasteiger partial charge on any atom is -0.477 e. The first-order valence-corrected chi connectivity index (χ1v) is 9.35. The predicted octanol–water partition coefficient (Wildman–Crippen LogP) is 3.48. The molecular formula is C14H15Cl2O7P. The van der Waals surface area contributed by atoms with Crippen molar-refractivity contribution in [2.45, 2.75) is 13.0 Å². The van der Waals surface area contributed by atoms with E-state index in [2.05, 4.69) is 0 Å². The quantitative estimate of drug-likeness (QED) is 0.556. The monoisotopic (exact) mass is 396 g/mol. The maximum Gasteiger partial charge on any atom is 0.474 e. The largest absolute Gasteiger partial charge is 0.477 e. The number of hydrogen-bond acceptors (Lipinski definition) is 7. The van der Waals surface area contributed by atoms with E-state index in [9.17, 15) is 9.36 Å². The van der Waals surface area contributed by atoms with Gasteiger partial charge in [-0.2, -0.15) is 0 Å². The lowest BCUT2D eigenvalue weighted by atomic mass is 9.92. The number of phosphoric acid groups is 1. The molecule has 0 saturated carbocycles. The molecule has 0 aromatic heterocycles. The van der Waals surface area contributed by atoms with Crippen molar-refractivity contribution >= 4 is 37.0 Å². The summed E-state index contributed by atoms with van der Waals surface area (Å²) in [4.78, 5) is 12.1. The number of fused-ring (bicyclic) bond motifs is 3. The number of halogens is 2. The Balaban J connectivity index is 1.54. The molecule has 0 radical (unpaired) electrons. The molecule has 4 rings (SSSR count). The first kappa shape index (κ1) is 18.0. The van der Waals surface area contributed by atoms with Gasteiger partial charge in [-0.3, -0.25) is 13.6 Å². The maximum absolute atomic E-state index is 12.1. The van der Waals surface area contributed by atoms with E-state index in [4.69, 9.17) is 46.2 Å². The van der Waals surface area contributed by atoms with Gasteiger partial charge in [0, 0.05) is 5.02 Å². The Morgan fingerprint density at radius 3 is 2.50 bits per heavy atom. The molecule has 10 heteroatoms. The SMILES string of the molecule is CC(Oc1ccc(Cl)cc1Cl)C(=O)OCC12COP(=O)(OC1)OC2. The molecule has 3 heterocycles. The van der Waals surface area contributed by atoms with Crippen LogP contribution in [0.4, 0.5) is 0 Å². The van der Waals surface area contributed by atoms with Crippen molar-refractivity contribution in [2.75, 3.05) is 26.4 Å². The van der Waals surface area contributed by atoms with Gasteiger partial charge in [-0.1, -0.05) is 23.2 Å². The van der Waals surface area contributed by atoms with E-state index in [1.54, 1.807) is 19.1 Å². The number of esters is 1. The van der Waals surface area contributed by atoms with Gasteiger partial charge >= 0.3 is 13.8 Å². The van der Waals surface area contributed by atoms with Gasteiger partial charge in [0.1, 0.15) is 12.4 Å². The molecule has 3 saturated heterocycles. The average Bonchev–Trinajstić information content (AvgIpc) is 2.56. The number of carbonyl (C=O) groups excluding carboxylic acids is 1. The van der Waals surface area contributed by atoms with Crippen molar-refractivity contribution in [2.24, 2.45) is 5.41 Å². The zero-order valence-electron chi connectivity index (χ0n) is 12.7. The van der Waals surface area contributed by atoms with Crippen molar-refractivity contribution in [3.8, 4) is 5.75 Å². The lowest BCUT2D eigenvalue weighted by Crippen LogP contribution is -2.48. The molecule has 132 valence electrons. The minimum absolute atomic E-state index is 0.00782. The summed E-state index contributed by atoms with van der Waals surface area (Å²) >= 11 is 11.8. The summed E-state index contributed by atoms with van der Waals surface area (Å²) in [5.41, 5.74) is -0.653. The van der Waals surface area contributed by atoms with Crippen LogP contribution in [0.1, 0.15) is 6.92 Å². The third-order valence-electron chi connectivity index (χ3n) is 3.64. The van der Waals surface area contributed by atoms with Crippen LogP contribution in [0.2, 0.25) is 10.0 Å². The number of phosphoric ester groups is 1. The fraction of sp³-hybridized carbons (Fsp3) is 0.500. The maximum atomic E-state index is 12.1. The van der Waals surface area contributed by atoms with E-state index < -0.39 is 25.3 Å². The van der Waals surface area contributed by atoms with E-state index in [1.807, 2.05) is 0 Å². The van der Waals surface area contributed by atoms with Crippen molar-refractivity contribution in [3.05, 3.63) is 28.2 Å². The van der Waals surface area contributed by atoms with Gasteiger partial charge < -0.3 is 9.47 Å². The Morgan fingerprint density at radius 2 is 1.92 bits per heavy atom. The summed E-state index contributed by atoms with van der Waals surface area (Å²) in [7, 11) is -3.38. The topological polar surface area (TPSA) is 80.3 Å². The molecule has 1 aromatic rings. The summed E-state index contributed by atoms with van der Waals surface area (Å²) in [6.45, 7) is 2.00. The predicted molar refractivity (Wildman–Crippen MR) is 85.4 cm³/mol. The number of hydrogen-bond donors (Lipinski definition) is 0. The number of ether oxygens (including phenoxy) is 2. The van der Waals surface area contributed by atoms with Gasteiger partial charge in [0.15, 0.2) is 6.10 Å². The Kier molecular flexibility index (Phi) is 5.12. The van der Waals surface area contributed by atoms with Gasteiger partial charge in [-0.15, -0.1) is 0 Å². The van der Waals surface area contributed by atoms with Gasteiger partial charge in [-0.25, -0.2) is 9.36 Å². The zero-order chi connectivity index (χ0) is 17.4. The van der Waals surface area contributed by atoms with Crippen molar-refractivity contribution in [1.29, 1.82) is 0 Å². The molecule has 3 aliphatic rings. The van der Waals surface area contributed by atoms with E-state index in [0.29, 0.717) is 15.8 Å². The highest BCUT2D eigenvalue weighted by Crippen LogP contribution is 2.59. The fourth-order valence-corrected chi connectivity index (χ4v) is 4.13. The number of carbonyl (C=O) groups is 1. The molecule has 0 N–H and O–H groups in total. The molecule has 2 bridgehead atoms. The molecule has 7 nitrogen and oxygen atoms in total. The molecule has 0 aliphatic carbocycles. The van der Waals surface area contributed by atoms with Crippen LogP contribution in [0.3, 0.4) is 0 Å². The van der Waals surface area contributed by atoms with Crippen molar-refractivity contribution in [1.82, 2.24) is 0 Å². The van der Waals surface area contributed by atoms with Crippen LogP contribution in [0.25, 0.3) is 0 Å². The van der Waals surface area contributed by atoms with Crippen LogP contribution in [0, 0.1) is 5.41 Å². The molecule has 1 aromatic carbocycles. The van der Waals surface area contributed by atoms with E-state index in [0.717, 1.165) is 0 Å². The Bertz CT molecular complexity index is 664. The van der Waals surface area contributed by atoms with Gasteiger partial charge in [0.25, 0.3) is 0 Å². The normalized spacial score (nSPS) is 30.0. The molecule has 3 fully saturated rings. The average molecular weight is 397 g/mol. The van der Waals surface area contributed by atoms with Crippen LogP contribution in [0.15, 0.2) is 18.2 Å². The summed E-state index contributed by atoms with van der Waals surface area (Å²) in [5, 5.41) is 0.764. The van der Waals surface area contributed by atoms with Gasteiger partial charge in [0.2, 0.25) is 0 Å². The molecule has 0 amide bonds. The summed E-state index contributed by atoms with van der Waals surface area (Å²) in [5.74, 6) is -0.246. The Hall–Kier alpha value is -0.820. The lowest BCUT2D eigenvalue weighted by molar-refractivity contribution is -0.166. The smallest absolute Gasteiger partial charge is 0.474 e. The van der Waals surface area contributed by atoms with E-state index >= 15 is 0 Å². The number of rotatable bonds is 5. The summed E-state index contributed by atoms with van der Waals surface area (Å²) < 4.78 is 37.6. The molecule has 24 heavy (non-hydrogen) atoms. The molecule has 1 atom stereocenters. The lowest BCUT2D eigenvalue weighted by Gasteiger charge is -2.43. The van der Waals surface area contributed by atoms with Crippen LogP contribution in [-0.2, 0) is 27.7 Å². The molecule has 0 spiro atoms. The summed E-state index contributed by atoms with van der Waals surface area (Å²) in [6.07, 6.45) is -0.874. The highest BCUT2D eigenvalue weighted by Gasteiger charge is 2.51. The molecule has 1 unspecified atom stereocenters. The van der Waals surface area contributed by atoms with E-state index in [1.165, 1.54) is 6.07 Å². The highest BCUT2D eigenvalue weighted by molar-refractivity contribution is 7.48. The van der Waals surface area contributed by atoms with Crippen LogP contribution < -0.4 is 4.74 Å². The van der Waals surface area contributed by atoms with Crippen molar-refractivity contribution in [3.63, 3.8) is 0 Å². The second-order valence-electron chi connectivity index (χ2n) is 5.71. The Labute approximate surface area is 148 Å². The summed E-state index contributed by atoms with van der Waals surface area (Å²) in [6, 6.07) is 4.69.